The standard InChI is InChI=1S/C11H9ClN4/c1-2-16-7-8(6-13)10(15-16)11-9(12)4-3-5-14-11/h3-5,7H,2H2,1H3. The first kappa shape index (κ1) is 10.7. The number of nitriles is 1. The molecule has 80 valence electrons. The van der Waals surface area contributed by atoms with E-state index in [0.29, 0.717) is 28.5 Å². The fraction of sp³-hybridized carbons (Fsp3) is 0.182. The summed E-state index contributed by atoms with van der Waals surface area (Å²) in [7, 11) is 0. The van der Waals surface area contributed by atoms with Gasteiger partial charge in [-0.1, -0.05) is 11.6 Å². The zero-order valence-electron chi connectivity index (χ0n) is 8.68. The summed E-state index contributed by atoms with van der Waals surface area (Å²) in [6.45, 7) is 2.66. The van der Waals surface area contributed by atoms with Crippen LogP contribution in [0.25, 0.3) is 11.4 Å². The second-order valence-corrected chi connectivity index (χ2v) is 3.60. The molecule has 0 spiro atoms. The van der Waals surface area contributed by atoms with Crippen LogP contribution >= 0.6 is 11.6 Å². The van der Waals surface area contributed by atoms with E-state index in [1.165, 1.54) is 0 Å². The van der Waals surface area contributed by atoms with E-state index in [9.17, 15) is 0 Å². The molecule has 0 N–H and O–H groups in total. The van der Waals surface area contributed by atoms with Crippen LogP contribution in [0, 0.1) is 11.3 Å². The molecule has 0 aromatic carbocycles. The van der Waals surface area contributed by atoms with Crippen LogP contribution in [-0.4, -0.2) is 14.8 Å². The van der Waals surface area contributed by atoms with Gasteiger partial charge in [-0.3, -0.25) is 9.67 Å². The predicted octanol–water partition coefficient (Wildman–Crippen LogP) is 2.49. The Balaban J connectivity index is 2.60. The molecule has 4 nitrogen and oxygen atoms in total. The number of aromatic nitrogens is 3. The van der Waals surface area contributed by atoms with Gasteiger partial charge in [-0.05, 0) is 19.1 Å². The summed E-state index contributed by atoms with van der Waals surface area (Å²) >= 11 is 6.02. The maximum atomic E-state index is 9.01. The Morgan fingerprint density at radius 1 is 1.50 bits per heavy atom. The highest BCUT2D eigenvalue weighted by atomic mass is 35.5. The maximum absolute atomic E-state index is 9.01. The van der Waals surface area contributed by atoms with Gasteiger partial charge in [-0.2, -0.15) is 10.4 Å². The first-order chi connectivity index (χ1) is 7.76. The third-order valence-electron chi connectivity index (χ3n) is 2.19. The van der Waals surface area contributed by atoms with Gasteiger partial charge in [-0.25, -0.2) is 0 Å². The lowest BCUT2D eigenvalue weighted by atomic mass is 10.2. The lowest BCUT2D eigenvalue weighted by Crippen LogP contribution is -1.94. The largest absolute Gasteiger partial charge is 0.271 e. The van der Waals surface area contributed by atoms with Gasteiger partial charge in [0.05, 0.1) is 10.6 Å². The van der Waals surface area contributed by atoms with Crippen LogP contribution in [0.15, 0.2) is 24.5 Å². The van der Waals surface area contributed by atoms with Crippen LogP contribution in [0.2, 0.25) is 5.02 Å². The van der Waals surface area contributed by atoms with Crippen molar-refractivity contribution >= 4 is 11.6 Å². The second kappa shape index (κ2) is 4.33. The Kier molecular flexibility index (Phi) is 2.88. The van der Waals surface area contributed by atoms with E-state index in [2.05, 4.69) is 16.2 Å². The van der Waals surface area contributed by atoms with Crippen molar-refractivity contribution in [1.29, 1.82) is 5.26 Å². The highest BCUT2D eigenvalue weighted by Gasteiger charge is 2.14. The van der Waals surface area contributed by atoms with Crippen LogP contribution in [0.1, 0.15) is 12.5 Å². The molecule has 0 aliphatic rings. The molecule has 2 aromatic rings. The predicted molar refractivity (Wildman–Crippen MR) is 60.9 cm³/mol. The van der Waals surface area contributed by atoms with Crippen molar-refractivity contribution in [2.45, 2.75) is 13.5 Å². The van der Waals surface area contributed by atoms with Crippen molar-refractivity contribution in [3.63, 3.8) is 0 Å². The summed E-state index contributed by atoms with van der Waals surface area (Å²) in [4.78, 5) is 4.15. The quantitative estimate of drug-likeness (QED) is 0.799. The van der Waals surface area contributed by atoms with Crippen LogP contribution in [0.5, 0.6) is 0 Å². The summed E-state index contributed by atoms with van der Waals surface area (Å²) in [6, 6.07) is 5.57. The topological polar surface area (TPSA) is 54.5 Å². The maximum Gasteiger partial charge on any atom is 0.130 e. The SMILES string of the molecule is CCn1cc(C#N)c(-c2ncccc2Cl)n1. The van der Waals surface area contributed by atoms with Crippen molar-refractivity contribution in [1.82, 2.24) is 14.8 Å². The minimum absolute atomic E-state index is 0.488. The number of aryl methyl sites for hydroxylation is 1. The van der Waals surface area contributed by atoms with Gasteiger partial charge in [0, 0.05) is 18.9 Å². The number of hydrogen-bond donors (Lipinski definition) is 0. The summed E-state index contributed by atoms with van der Waals surface area (Å²) < 4.78 is 1.69. The Morgan fingerprint density at radius 2 is 2.31 bits per heavy atom. The van der Waals surface area contributed by atoms with Crippen LogP contribution < -0.4 is 0 Å². The molecule has 2 heterocycles. The molecule has 2 rings (SSSR count). The normalized spacial score (nSPS) is 10.1. The molecule has 16 heavy (non-hydrogen) atoms. The fourth-order valence-electron chi connectivity index (χ4n) is 1.40. The average molecular weight is 233 g/mol. The Hall–Kier alpha value is -1.86. The lowest BCUT2D eigenvalue weighted by molar-refractivity contribution is 0.661. The molecule has 0 saturated heterocycles. The molecule has 0 amide bonds. The molecule has 0 radical (unpaired) electrons. The highest BCUT2D eigenvalue weighted by Crippen LogP contribution is 2.26. The molecule has 2 aromatic heterocycles. The van der Waals surface area contributed by atoms with E-state index in [1.807, 2.05) is 6.92 Å². The van der Waals surface area contributed by atoms with Crippen molar-refractivity contribution < 1.29 is 0 Å². The Labute approximate surface area is 98.1 Å². The smallest absolute Gasteiger partial charge is 0.130 e. The Bertz CT molecular complexity index is 553. The summed E-state index contributed by atoms with van der Waals surface area (Å²) in [5, 5.41) is 13.8. The zero-order chi connectivity index (χ0) is 11.5. The number of hydrogen-bond acceptors (Lipinski definition) is 3. The van der Waals surface area contributed by atoms with E-state index in [-0.39, 0.29) is 0 Å². The zero-order valence-corrected chi connectivity index (χ0v) is 9.44. The minimum atomic E-state index is 0.488. The molecule has 0 fully saturated rings. The van der Waals surface area contributed by atoms with Crippen LogP contribution in [0.3, 0.4) is 0 Å². The first-order valence-electron chi connectivity index (χ1n) is 4.84. The van der Waals surface area contributed by atoms with Crippen molar-refractivity contribution in [2.75, 3.05) is 0 Å². The van der Waals surface area contributed by atoms with Gasteiger partial charge in [0.25, 0.3) is 0 Å². The van der Waals surface area contributed by atoms with Gasteiger partial charge in [0.1, 0.15) is 17.5 Å². The number of rotatable bonds is 2. The number of pyridine rings is 1. The minimum Gasteiger partial charge on any atom is -0.271 e. The fourth-order valence-corrected chi connectivity index (χ4v) is 1.61. The van der Waals surface area contributed by atoms with E-state index in [0.717, 1.165) is 0 Å². The summed E-state index contributed by atoms with van der Waals surface area (Å²) in [5.41, 5.74) is 1.57. The van der Waals surface area contributed by atoms with Gasteiger partial charge >= 0.3 is 0 Å². The van der Waals surface area contributed by atoms with E-state index in [1.54, 1.807) is 29.2 Å². The molecular weight excluding hydrogens is 224 g/mol. The number of nitrogens with zero attached hydrogens (tertiary/aromatic N) is 4. The molecule has 0 saturated carbocycles. The van der Waals surface area contributed by atoms with Crippen molar-refractivity contribution in [3.8, 4) is 17.5 Å². The monoisotopic (exact) mass is 232 g/mol. The van der Waals surface area contributed by atoms with Gasteiger partial charge in [0.15, 0.2) is 0 Å². The highest BCUT2D eigenvalue weighted by molar-refractivity contribution is 6.33. The van der Waals surface area contributed by atoms with Gasteiger partial charge in [0.2, 0.25) is 0 Å². The first-order valence-corrected chi connectivity index (χ1v) is 5.22. The molecule has 0 aliphatic heterocycles. The molecule has 0 unspecified atom stereocenters. The summed E-state index contributed by atoms with van der Waals surface area (Å²) in [6.07, 6.45) is 3.33. The van der Waals surface area contributed by atoms with Crippen molar-refractivity contribution in [2.24, 2.45) is 0 Å². The van der Waals surface area contributed by atoms with Crippen molar-refractivity contribution in [3.05, 3.63) is 35.1 Å². The molecular formula is C11H9ClN4. The molecule has 0 bridgehead atoms. The van der Waals surface area contributed by atoms with Gasteiger partial charge < -0.3 is 0 Å². The molecule has 0 aliphatic carbocycles. The van der Waals surface area contributed by atoms with E-state index >= 15 is 0 Å². The molecule has 5 heteroatoms. The Morgan fingerprint density at radius 3 is 2.94 bits per heavy atom. The van der Waals surface area contributed by atoms with Crippen LogP contribution in [0.4, 0.5) is 0 Å². The van der Waals surface area contributed by atoms with Crippen LogP contribution in [-0.2, 0) is 6.54 Å². The van der Waals surface area contributed by atoms with E-state index in [4.69, 9.17) is 16.9 Å². The second-order valence-electron chi connectivity index (χ2n) is 3.19. The number of halogens is 1. The third-order valence-corrected chi connectivity index (χ3v) is 2.49. The van der Waals surface area contributed by atoms with Gasteiger partial charge in [-0.15, -0.1) is 0 Å². The lowest BCUT2D eigenvalue weighted by Gasteiger charge is -1.98. The summed E-state index contributed by atoms with van der Waals surface area (Å²) in [5.74, 6) is 0. The van der Waals surface area contributed by atoms with E-state index < -0.39 is 0 Å². The molecule has 0 atom stereocenters. The average Bonchev–Trinajstić information content (AvgIpc) is 2.72. The third kappa shape index (κ3) is 1.77.